The highest BCUT2D eigenvalue weighted by Crippen LogP contribution is 2.11. The summed E-state index contributed by atoms with van der Waals surface area (Å²) in [5.41, 5.74) is 0.624. The SMILES string of the molecule is CNC(=O)CNC(C(=O)O)c1ccccc1. The highest BCUT2D eigenvalue weighted by molar-refractivity contribution is 5.80. The Kier molecular flexibility index (Phi) is 4.47. The molecule has 5 heteroatoms. The van der Waals surface area contributed by atoms with E-state index in [4.69, 9.17) is 5.11 Å². The zero-order valence-electron chi connectivity index (χ0n) is 8.93. The van der Waals surface area contributed by atoms with Gasteiger partial charge in [0.2, 0.25) is 5.91 Å². The lowest BCUT2D eigenvalue weighted by molar-refractivity contribution is -0.139. The van der Waals surface area contributed by atoms with Crippen LogP contribution in [0.1, 0.15) is 11.6 Å². The van der Waals surface area contributed by atoms with Crippen molar-refractivity contribution in [2.45, 2.75) is 6.04 Å². The number of amides is 1. The van der Waals surface area contributed by atoms with Gasteiger partial charge in [0.05, 0.1) is 6.54 Å². The van der Waals surface area contributed by atoms with Crippen LogP contribution in [0.3, 0.4) is 0 Å². The van der Waals surface area contributed by atoms with Crippen LogP contribution in [0.5, 0.6) is 0 Å². The molecule has 1 aromatic rings. The molecule has 0 saturated carbocycles. The molecule has 1 unspecified atom stereocenters. The monoisotopic (exact) mass is 222 g/mol. The first-order chi connectivity index (χ1) is 7.65. The van der Waals surface area contributed by atoms with Gasteiger partial charge < -0.3 is 10.4 Å². The van der Waals surface area contributed by atoms with E-state index >= 15 is 0 Å². The van der Waals surface area contributed by atoms with Crippen LogP contribution in [0.25, 0.3) is 0 Å². The van der Waals surface area contributed by atoms with E-state index in [9.17, 15) is 9.59 Å². The third-order valence-electron chi connectivity index (χ3n) is 2.13. The second kappa shape index (κ2) is 5.87. The first kappa shape index (κ1) is 12.2. The van der Waals surface area contributed by atoms with E-state index < -0.39 is 12.0 Å². The second-order valence-corrected chi connectivity index (χ2v) is 3.24. The van der Waals surface area contributed by atoms with Crippen molar-refractivity contribution in [1.29, 1.82) is 0 Å². The molecule has 0 saturated heterocycles. The van der Waals surface area contributed by atoms with Crippen molar-refractivity contribution in [2.75, 3.05) is 13.6 Å². The van der Waals surface area contributed by atoms with Crippen molar-refractivity contribution >= 4 is 11.9 Å². The van der Waals surface area contributed by atoms with Gasteiger partial charge in [-0.15, -0.1) is 0 Å². The third kappa shape index (κ3) is 3.36. The smallest absolute Gasteiger partial charge is 0.325 e. The lowest BCUT2D eigenvalue weighted by Gasteiger charge is -2.13. The highest BCUT2D eigenvalue weighted by atomic mass is 16.4. The Morgan fingerprint density at radius 3 is 2.44 bits per heavy atom. The van der Waals surface area contributed by atoms with Crippen molar-refractivity contribution in [3.05, 3.63) is 35.9 Å². The molecule has 0 radical (unpaired) electrons. The quantitative estimate of drug-likeness (QED) is 0.662. The molecule has 0 heterocycles. The maximum atomic E-state index is 11.0. The number of likely N-dealkylation sites (N-methyl/N-ethyl adjacent to an activating group) is 1. The zero-order valence-corrected chi connectivity index (χ0v) is 8.93. The molecule has 0 bridgehead atoms. The first-order valence-corrected chi connectivity index (χ1v) is 4.87. The minimum absolute atomic E-state index is 0.0254. The summed E-state index contributed by atoms with van der Waals surface area (Å²) in [4.78, 5) is 22.0. The van der Waals surface area contributed by atoms with E-state index in [1.165, 1.54) is 7.05 Å². The average molecular weight is 222 g/mol. The molecule has 5 nitrogen and oxygen atoms in total. The summed E-state index contributed by atoms with van der Waals surface area (Å²) < 4.78 is 0. The lowest BCUT2D eigenvalue weighted by atomic mass is 10.1. The first-order valence-electron chi connectivity index (χ1n) is 4.87. The fraction of sp³-hybridized carbons (Fsp3) is 0.273. The van der Waals surface area contributed by atoms with Gasteiger partial charge in [0, 0.05) is 7.05 Å². The number of nitrogens with one attached hydrogen (secondary N) is 2. The maximum Gasteiger partial charge on any atom is 0.325 e. The molecule has 0 aliphatic carbocycles. The standard InChI is InChI=1S/C11H14N2O3/c1-12-9(14)7-13-10(11(15)16)8-5-3-2-4-6-8/h2-6,10,13H,7H2,1H3,(H,12,14)(H,15,16). The van der Waals surface area contributed by atoms with Crippen molar-refractivity contribution in [1.82, 2.24) is 10.6 Å². The van der Waals surface area contributed by atoms with Crippen molar-refractivity contribution in [3.63, 3.8) is 0 Å². The molecule has 0 aliphatic rings. The van der Waals surface area contributed by atoms with E-state index in [1.807, 2.05) is 0 Å². The van der Waals surface area contributed by atoms with Gasteiger partial charge in [0.1, 0.15) is 6.04 Å². The van der Waals surface area contributed by atoms with Crippen LogP contribution in [-0.2, 0) is 9.59 Å². The van der Waals surface area contributed by atoms with Gasteiger partial charge in [-0.25, -0.2) is 0 Å². The number of carboxylic acid groups (broad SMARTS) is 1. The van der Waals surface area contributed by atoms with Gasteiger partial charge in [-0.2, -0.15) is 0 Å². The minimum atomic E-state index is -1.00. The molecule has 1 rings (SSSR count). The van der Waals surface area contributed by atoms with E-state index in [0.717, 1.165) is 0 Å². The number of benzene rings is 1. The Balaban J connectivity index is 2.69. The number of carboxylic acids is 1. The largest absolute Gasteiger partial charge is 0.480 e. The minimum Gasteiger partial charge on any atom is -0.480 e. The zero-order chi connectivity index (χ0) is 12.0. The molecule has 1 aromatic carbocycles. The molecule has 3 N–H and O–H groups in total. The van der Waals surface area contributed by atoms with Crippen LogP contribution in [0.4, 0.5) is 0 Å². The van der Waals surface area contributed by atoms with Gasteiger partial charge in [-0.05, 0) is 5.56 Å². The number of carbonyl (C=O) groups is 2. The molecule has 0 spiro atoms. The van der Waals surface area contributed by atoms with Crippen LogP contribution in [0, 0.1) is 0 Å². The predicted octanol–water partition coefficient (Wildman–Crippen LogP) is 0.148. The Morgan fingerprint density at radius 2 is 1.94 bits per heavy atom. The highest BCUT2D eigenvalue weighted by Gasteiger charge is 2.19. The summed E-state index contributed by atoms with van der Waals surface area (Å²) in [6.07, 6.45) is 0. The van der Waals surface area contributed by atoms with Gasteiger partial charge in [-0.3, -0.25) is 14.9 Å². The van der Waals surface area contributed by atoms with E-state index in [2.05, 4.69) is 10.6 Å². The topological polar surface area (TPSA) is 78.4 Å². The fourth-order valence-corrected chi connectivity index (χ4v) is 1.28. The van der Waals surface area contributed by atoms with Crippen LogP contribution < -0.4 is 10.6 Å². The number of hydrogen-bond acceptors (Lipinski definition) is 3. The maximum absolute atomic E-state index is 11.0. The van der Waals surface area contributed by atoms with E-state index in [0.29, 0.717) is 5.56 Å². The molecule has 1 amide bonds. The van der Waals surface area contributed by atoms with Crippen LogP contribution in [0.2, 0.25) is 0 Å². The molecule has 1 atom stereocenters. The summed E-state index contributed by atoms with van der Waals surface area (Å²) in [5.74, 6) is -1.25. The summed E-state index contributed by atoms with van der Waals surface area (Å²) in [6.45, 7) is -0.0254. The number of carbonyl (C=O) groups excluding carboxylic acids is 1. The molecular weight excluding hydrogens is 208 g/mol. The van der Waals surface area contributed by atoms with E-state index in [1.54, 1.807) is 30.3 Å². The summed E-state index contributed by atoms with van der Waals surface area (Å²) in [7, 11) is 1.50. The summed E-state index contributed by atoms with van der Waals surface area (Å²) in [5, 5.41) is 14.1. The lowest BCUT2D eigenvalue weighted by Crippen LogP contribution is -2.36. The predicted molar refractivity (Wildman–Crippen MR) is 58.9 cm³/mol. The summed E-state index contributed by atoms with van der Waals surface area (Å²) in [6, 6.07) is 7.87. The Labute approximate surface area is 93.5 Å². The van der Waals surface area contributed by atoms with Crippen molar-refractivity contribution in [3.8, 4) is 0 Å². The van der Waals surface area contributed by atoms with Crippen molar-refractivity contribution < 1.29 is 14.7 Å². The van der Waals surface area contributed by atoms with E-state index in [-0.39, 0.29) is 12.5 Å². The van der Waals surface area contributed by atoms with Gasteiger partial charge >= 0.3 is 5.97 Å². The van der Waals surface area contributed by atoms with Crippen LogP contribution in [-0.4, -0.2) is 30.6 Å². The molecule has 0 fully saturated rings. The van der Waals surface area contributed by atoms with Gasteiger partial charge in [-0.1, -0.05) is 30.3 Å². The Hall–Kier alpha value is -1.88. The summed E-state index contributed by atoms with van der Waals surface area (Å²) >= 11 is 0. The van der Waals surface area contributed by atoms with Crippen LogP contribution in [0.15, 0.2) is 30.3 Å². The third-order valence-corrected chi connectivity index (χ3v) is 2.13. The number of aliphatic carboxylic acids is 1. The number of rotatable bonds is 5. The second-order valence-electron chi connectivity index (χ2n) is 3.24. The molecule has 0 aromatic heterocycles. The van der Waals surface area contributed by atoms with Crippen molar-refractivity contribution in [2.24, 2.45) is 0 Å². The van der Waals surface area contributed by atoms with Gasteiger partial charge in [0.25, 0.3) is 0 Å². The average Bonchev–Trinajstić information content (AvgIpc) is 2.30. The molecule has 86 valence electrons. The molecule has 0 aliphatic heterocycles. The van der Waals surface area contributed by atoms with Crippen LogP contribution >= 0.6 is 0 Å². The Morgan fingerprint density at radius 1 is 1.31 bits per heavy atom. The van der Waals surface area contributed by atoms with Gasteiger partial charge in [0.15, 0.2) is 0 Å². The normalized spacial score (nSPS) is 11.8. The number of hydrogen-bond donors (Lipinski definition) is 3. The Bertz CT molecular complexity index is 365. The molecular formula is C11H14N2O3. The fourth-order valence-electron chi connectivity index (χ4n) is 1.28. The molecule has 16 heavy (non-hydrogen) atoms.